The molecule has 0 spiro atoms. The number of aliphatic hydroxyl groups is 1. The van der Waals surface area contributed by atoms with Crippen LogP contribution in [-0.2, 0) is 0 Å². The Bertz CT molecular complexity index is 230. The number of rotatable bonds is 5. The van der Waals surface area contributed by atoms with Crippen molar-refractivity contribution in [3.8, 4) is 0 Å². The van der Waals surface area contributed by atoms with Crippen molar-refractivity contribution in [1.29, 1.82) is 0 Å². The Hall–Kier alpha value is -0.120. The van der Waals surface area contributed by atoms with Crippen LogP contribution >= 0.6 is 0 Å². The van der Waals surface area contributed by atoms with E-state index < -0.39 is 0 Å². The van der Waals surface area contributed by atoms with Gasteiger partial charge in [0.1, 0.15) is 0 Å². The van der Waals surface area contributed by atoms with E-state index in [4.69, 9.17) is 0 Å². The van der Waals surface area contributed by atoms with Gasteiger partial charge in [0, 0.05) is 25.7 Å². The summed E-state index contributed by atoms with van der Waals surface area (Å²) in [4.78, 5) is 2.51. The Morgan fingerprint density at radius 2 is 2.12 bits per heavy atom. The highest BCUT2D eigenvalue weighted by Gasteiger charge is 2.31. The summed E-state index contributed by atoms with van der Waals surface area (Å²) in [5.74, 6) is 0.411. The maximum absolute atomic E-state index is 9.75. The molecule has 3 unspecified atom stereocenters. The van der Waals surface area contributed by atoms with E-state index in [9.17, 15) is 5.11 Å². The summed E-state index contributed by atoms with van der Waals surface area (Å²) in [6.07, 6.45) is 0.827. The molecule has 17 heavy (non-hydrogen) atoms. The Morgan fingerprint density at radius 3 is 2.65 bits per heavy atom. The number of nitrogens with zero attached hydrogens (tertiary/aromatic N) is 1. The van der Waals surface area contributed by atoms with Crippen LogP contribution in [0.1, 0.15) is 41.0 Å². The molecule has 0 radical (unpaired) electrons. The number of hydrogen-bond acceptors (Lipinski definition) is 3. The minimum Gasteiger partial charge on any atom is -0.393 e. The SMILES string of the molecule is CCNC(C)C(C)(C)CN1CCC(O)C(C)C1. The molecule has 0 aromatic carbocycles. The van der Waals surface area contributed by atoms with Crippen LogP contribution in [0.5, 0.6) is 0 Å². The average molecular weight is 242 g/mol. The minimum absolute atomic E-state index is 0.0967. The fraction of sp³-hybridized carbons (Fsp3) is 1.00. The van der Waals surface area contributed by atoms with E-state index in [1.807, 2.05) is 0 Å². The lowest BCUT2D eigenvalue weighted by Gasteiger charge is -2.41. The molecule has 0 bridgehead atoms. The molecule has 102 valence electrons. The van der Waals surface area contributed by atoms with Gasteiger partial charge in [-0.2, -0.15) is 0 Å². The smallest absolute Gasteiger partial charge is 0.0590 e. The molecular formula is C14H30N2O. The van der Waals surface area contributed by atoms with Gasteiger partial charge in [-0.3, -0.25) is 0 Å². The van der Waals surface area contributed by atoms with Crippen molar-refractivity contribution in [2.24, 2.45) is 11.3 Å². The fourth-order valence-corrected chi connectivity index (χ4v) is 2.66. The van der Waals surface area contributed by atoms with E-state index in [0.717, 1.165) is 32.6 Å². The molecule has 0 saturated carbocycles. The molecule has 1 rings (SSSR count). The zero-order valence-electron chi connectivity index (χ0n) is 12.2. The Balaban J connectivity index is 2.47. The molecule has 0 aromatic heterocycles. The van der Waals surface area contributed by atoms with Gasteiger partial charge in [-0.1, -0.05) is 27.7 Å². The van der Waals surface area contributed by atoms with Crippen LogP contribution in [-0.4, -0.2) is 48.3 Å². The van der Waals surface area contributed by atoms with Crippen LogP contribution in [0.4, 0.5) is 0 Å². The second-order valence-electron chi connectivity index (χ2n) is 6.34. The van der Waals surface area contributed by atoms with Crippen LogP contribution in [0.2, 0.25) is 0 Å². The first-order valence-corrected chi connectivity index (χ1v) is 7.00. The van der Waals surface area contributed by atoms with Crippen molar-refractivity contribution in [2.75, 3.05) is 26.2 Å². The van der Waals surface area contributed by atoms with Gasteiger partial charge in [0.25, 0.3) is 0 Å². The van der Waals surface area contributed by atoms with Gasteiger partial charge < -0.3 is 15.3 Å². The summed E-state index contributed by atoms with van der Waals surface area (Å²) in [5.41, 5.74) is 0.276. The zero-order valence-corrected chi connectivity index (χ0v) is 12.2. The summed E-state index contributed by atoms with van der Waals surface area (Å²) in [6.45, 7) is 15.4. The van der Waals surface area contributed by atoms with E-state index in [-0.39, 0.29) is 11.5 Å². The first kappa shape index (κ1) is 14.9. The molecule has 2 N–H and O–H groups in total. The first-order chi connectivity index (χ1) is 7.86. The van der Waals surface area contributed by atoms with Crippen LogP contribution in [0.15, 0.2) is 0 Å². The van der Waals surface area contributed by atoms with Gasteiger partial charge >= 0.3 is 0 Å². The fourth-order valence-electron chi connectivity index (χ4n) is 2.66. The number of aliphatic hydroxyl groups excluding tert-OH is 1. The van der Waals surface area contributed by atoms with Crippen molar-refractivity contribution >= 4 is 0 Å². The lowest BCUT2D eigenvalue weighted by atomic mass is 9.83. The van der Waals surface area contributed by atoms with E-state index in [1.165, 1.54) is 0 Å². The summed E-state index contributed by atoms with van der Waals surface area (Å²) < 4.78 is 0. The van der Waals surface area contributed by atoms with E-state index in [2.05, 4.69) is 44.8 Å². The van der Waals surface area contributed by atoms with Crippen LogP contribution in [0.3, 0.4) is 0 Å². The third-order valence-corrected chi connectivity index (χ3v) is 4.26. The second kappa shape index (κ2) is 6.17. The maximum atomic E-state index is 9.75. The molecule has 0 amide bonds. The van der Waals surface area contributed by atoms with Crippen LogP contribution in [0, 0.1) is 11.3 Å². The molecule has 1 fully saturated rings. The summed E-state index contributed by atoms with van der Waals surface area (Å²) >= 11 is 0. The van der Waals surface area contributed by atoms with Gasteiger partial charge in [-0.15, -0.1) is 0 Å². The topological polar surface area (TPSA) is 35.5 Å². The Kier molecular flexibility index (Phi) is 5.42. The summed E-state index contributed by atoms with van der Waals surface area (Å²) in [5, 5.41) is 13.3. The number of nitrogens with one attached hydrogen (secondary N) is 1. The van der Waals surface area contributed by atoms with Crippen molar-refractivity contribution in [3.63, 3.8) is 0 Å². The van der Waals surface area contributed by atoms with Crippen molar-refractivity contribution in [2.45, 2.75) is 53.2 Å². The standard InChI is InChI=1S/C14H30N2O/c1-6-15-12(3)14(4,5)10-16-8-7-13(17)11(2)9-16/h11-13,15,17H,6-10H2,1-5H3. The highest BCUT2D eigenvalue weighted by atomic mass is 16.3. The van der Waals surface area contributed by atoms with Crippen molar-refractivity contribution in [1.82, 2.24) is 10.2 Å². The largest absolute Gasteiger partial charge is 0.393 e. The molecule has 1 aliphatic heterocycles. The highest BCUT2D eigenvalue weighted by Crippen LogP contribution is 2.25. The third-order valence-electron chi connectivity index (χ3n) is 4.26. The minimum atomic E-state index is -0.0967. The molecule has 0 aromatic rings. The predicted octanol–water partition coefficient (Wildman–Crippen LogP) is 1.71. The van der Waals surface area contributed by atoms with Crippen LogP contribution in [0.25, 0.3) is 0 Å². The van der Waals surface area contributed by atoms with E-state index in [0.29, 0.717) is 12.0 Å². The van der Waals surface area contributed by atoms with Crippen LogP contribution < -0.4 is 5.32 Å². The molecular weight excluding hydrogens is 212 g/mol. The Morgan fingerprint density at radius 1 is 1.47 bits per heavy atom. The molecule has 1 heterocycles. The number of hydrogen-bond donors (Lipinski definition) is 2. The third kappa shape index (κ3) is 4.23. The molecule has 1 saturated heterocycles. The highest BCUT2D eigenvalue weighted by molar-refractivity contribution is 4.86. The normalized spacial score (nSPS) is 29.3. The van der Waals surface area contributed by atoms with E-state index in [1.54, 1.807) is 0 Å². The Labute approximate surface area is 107 Å². The van der Waals surface area contributed by atoms with Crippen molar-refractivity contribution in [3.05, 3.63) is 0 Å². The lowest BCUT2D eigenvalue weighted by molar-refractivity contribution is 0.0165. The predicted molar refractivity (Wildman–Crippen MR) is 73.1 cm³/mol. The molecule has 3 nitrogen and oxygen atoms in total. The summed E-state index contributed by atoms with van der Waals surface area (Å²) in [7, 11) is 0. The summed E-state index contributed by atoms with van der Waals surface area (Å²) in [6, 6.07) is 0.523. The first-order valence-electron chi connectivity index (χ1n) is 7.00. The molecule has 1 aliphatic rings. The van der Waals surface area contributed by atoms with Crippen molar-refractivity contribution < 1.29 is 5.11 Å². The van der Waals surface area contributed by atoms with E-state index >= 15 is 0 Å². The quantitative estimate of drug-likeness (QED) is 0.770. The van der Waals surface area contributed by atoms with Gasteiger partial charge in [0.05, 0.1) is 6.10 Å². The maximum Gasteiger partial charge on any atom is 0.0590 e. The molecule has 0 aliphatic carbocycles. The van der Waals surface area contributed by atoms with Gasteiger partial charge in [-0.25, -0.2) is 0 Å². The second-order valence-corrected chi connectivity index (χ2v) is 6.34. The monoisotopic (exact) mass is 242 g/mol. The van der Waals surface area contributed by atoms with Gasteiger partial charge in [-0.05, 0) is 31.2 Å². The zero-order chi connectivity index (χ0) is 13.1. The number of likely N-dealkylation sites (tertiary alicyclic amines) is 1. The number of piperidine rings is 1. The average Bonchev–Trinajstić information content (AvgIpc) is 2.23. The van der Waals surface area contributed by atoms with Gasteiger partial charge in [0.2, 0.25) is 0 Å². The lowest BCUT2D eigenvalue weighted by Crippen LogP contribution is -2.50. The molecule has 3 heteroatoms. The molecule has 3 atom stereocenters. The van der Waals surface area contributed by atoms with Gasteiger partial charge in [0.15, 0.2) is 0 Å².